The molecular weight excluding hydrogens is 242 g/mol. The van der Waals surface area contributed by atoms with Crippen molar-refractivity contribution >= 4 is 15.9 Å². The van der Waals surface area contributed by atoms with Crippen molar-refractivity contribution in [2.24, 2.45) is 0 Å². The minimum Gasteiger partial charge on any atom is -0.439 e. The van der Waals surface area contributed by atoms with E-state index in [1.54, 1.807) is 30.5 Å². The molecule has 0 fully saturated rings. The lowest BCUT2D eigenvalue weighted by atomic mass is 10.4. The van der Waals surface area contributed by atoms with Gasteiger partial charge in [0.2, 0.25) is 5.88 Å². The Balaban J connectivity index is 2.77. The van der Waals surface area contributed by atoms with E-state index in [1.165, 1.54) is 0 Å². The molecule has 1 heterocycles. The molecule has 3 heteroatoms. The highest BCUT2D eigenvalue weighted by Crippen LogP contribution is 2.14. The van der Waals surface area contributed by atoms with Gasteiger partial charge in [0.15, 0.2) is 0 Å². The third kappa shape index (κ3) is 3.18. The monoisotopic (exact) mass is 251 g/mol. The summed E-state index contributed by atoms with van der Waals surface area (Å²) in [5.74, 6) is 1.15. The second kappa shape index (κ2) is 5.40. The van der Waals surface area contributed by atoms with Crippen molar-refractivity contribution in [1.29, 1.82) is 0 Å². The Morgan fingerprint density at radius 1 is 1.43 bits per heavy atom. The Morgan fingerprint density at radius 2 is 2.21 bits per heavy atom. The van der Waals surface area contributed by atoms with Crippen LogP contribution >= 0.6 is 15.9 Å². The van der Waals surface area contributed by atoms with Crippen LogP contribution in [-0.2, 0) is 0 Å². The molecule has 2 nitrogen and oxygen atoms in total. The molecule has 1 rings (SSSR count). The van der Waals surface area contributed by atoms with Gasteiger partial charge in [-0.05, 0) is 34.1 Å². The van der Waals surface area contributed by atoms with Gasteiger partial charge in [0.1, 0.15) is 5.76 Å². The van der Waals surface area contributed by atoms with Crippen LogP contribution in [0.3, 0.4) is 0 Å². The average Bonchev–Trinajstić information content (AvgIpc) is 2.20. The van der Waals surface area contributed by atoms with Gasteiger partial charge in [-0.2, -0.15) is 0 Å². The Labute approximate surface area is 91.8 Å². The molecule has 0 atom stereocenters. The number of ether oxygens (including phenoxy) is 1. The lowest BCUT2D eigenvalue weighted by Gasteiger charge is -2.03. The number of halogens is 1. The van der Waals surface area contributed by atoms with Crippen LogP contribution in [0, 0.1) is 0 Å². The summed E-state index contributed by atoms with van der Waals surface area (Å²) in [5.41, 5.74) is 0. The molecule has 14 heavy (non-hydrogen) atoms. The van der Waals surface area contributed by atoms with Crippen molar-refractivity contribution in [2.45, 2.75) is 0 Å². The maximum Gasteiger partial charge on any atom is 0.219 e. The number of hydrogen-bond donors (Lipinski definition) is 0. The van der Waals surface area contributed by atoms with E-state index in [0.29, 0.717) is 11.6 Å². The number of nitrogens with zero attached hydrogens (tertiary/aromatic N) is 1. The lowest BCUT2D eigenvalue weighted by Crippen LogP contribution is -1.93. The van der Waals surface area contributed by atoms with Gasteiger partial charge in [-0.25, -0.2) is 4.98 Å². The molecule has 0 amide bonds. The van der Waals surface area contributed by atoms with Gasteiger partial charge in [-0.1, -0.05) is 19.2 Å². The number of rotatable bonds is 4. The summed E-state index contributed by atoms with van der Waals surface area (Å²) in [6, 6.07) is 3.63. The first-order valence-corrected chi connectivity index (χ1v) is 4.80. The summed E-state index contributed by atoms with van der Waals surface area (Å²) in [4.78, 5) is 4.06. The molecule has 0 aliphatic carbocycles. The zero-order valence-electron chi connectivity index (χ0n) is 7.61. The van der Waals surface area contributed by atoms with E-state index in [9.17, 15) is 0 Å². The van der Waals surface area contributed by atoms with E-state index in [1.807, 2.05) is 6.07 Å². The fourth-order valence-corrected chi connectivity index (χ4v) is 1.04. The molecule has 72 valence electrons. The molecule has 0 aliphatic heterocycles. The van der Waals surface area contributed by atoms with E-state index in [4.69, 9.17) is 4.74 Å². The van der Waals surface area contributed by atoms with Crippen molar-refractivity contribution in [3.63, 3.8) is 0 Å². The molecular formula is C11H10BrNO. The quantitative estimate of drug-likeness (QED) is 0.604. The van der Waals surface area contributed by atoms with Crippen LogP contribution in [0.15, 0.2) is 59.9 Å². The molecule has 0 aliphatic rings. The first-order chi connectivity index (χ1) is 6.76. The summed E-state index contributed by atoms with van der Waals surface area (Å²) in [7, 11) is 0. The van der Waals surface area contributed by atoms with Gasteiger partial charge in [-0.15, -0.1) is 0 Å². The minimum atomic E-state index is 0.529. The van der Waals surface area contributed by atoms with Crippen LogP contribution in [0.25, 0.3) is 0 Å². The van der Waals surface area contributed by atoms with Crippen molar-refractivity contribution in [2.75, 3.05) is 0 Å². The van der Waals surface area contributed by atoms with Crippen LogP contribution < -0.4 is 4.74 Å². The van der Waals surface area contributed by atoms with Gasteiger partial charge in [-0.3, -0.25) is 0 Å². The third-order valence-electron chi connectivity index (χ3n) is 1.41. The van der Waals surface area contributed by atoms with Crippen molar-refractivity contribution in [3.8, 4) is 5.88 Å². The molecule has 0 N–H and O–H groups in total. The minimum absolute atomic E-state index is 0.529. The fraction of sp³-hybridized carbons (Fsp3) is 0. The molecule has 0 radical (unpaired) electrons. The molecule has 1 aromatic rings. The molecule has 0 bridgehead atoms. The third-order valence-corrected chi connectivity index (χ3v) is 1.88. The molecule has 0 spiro atoms. The standard InChI is InChI=1S/C11H10BrNO/c1-3-5-10(4-2)14-11-7-6-9(12)8-13-11/h3-8H,1-2H2/b10-5+. The van der Waals surface area contributed by atoms with Crippen molar-refractivity contribution in [1.82, 2.24) is 4.98 Å². The normalized spacial score (nSPS) is 10.8. The fourth-order valence-electron chi connectivity index (χ4n) is 0.803. The number of hydrogen-bond acceptors (Lipinski definition) is 2. The lowest BCUT2D eigenvalue weighted by molar-refractivity contribution is 0.427. The van der Waals surface area contributed by atoms with Gasteiger partial charge >= 0.3 is 0 Å². The van der Waals surface area contributed by atoms with Crippen LogP contribution in [0.4, 0.5) is 0 Å². The van der Waals surface area contributed by atoms with E-state index in [-0.39, 0.29) is 0 Å². The first kappa shape index (κ1) is 10.7. The predicted molar refractivity (Wildman–Crippen MR) is 61.0 cm³/mol. The average molecular weight is 252 g/mol. The zero-order chi connectivity index (χ0) is 10.4. The predicted octanol–water partition coefficient (Wildman–Crippen LogP) is 3.48. The van der Waals surface area contributed by atoms with Crippen molar-refractivity contribution < 1.29 is 4.74 Å². The van der Waals surface area contributed by atoms with Crippen LogP contribution in [0.2, 0.25) is 0 Å². The molecule has 0 unspecified atom stereocenters. The highest BCUT2D eigenvalue weighted by atomic mass is 79.9. The number of pyridine rings is 1. The van der Waals surface area contributed by atoms with Gasteiger partial charge in [0.25, 0.3) is 0 Å². The van der Waals surface area contributed by atoms with Crippen LogP contribution in [-0.4, -0.2) is 4.98 Å². The molecule has 0 saturated carbocycles. The van der Waals surface area contributed by atoms with E-state index in [0.717, 1.165) is 4.47 Å². The smallest absolute Gasteiger partial charge is 0.219 e. The second-order valence-corrected chi connectivity index (χ2v) is 3.34. The first-order valence-electron chi connectivity index (χ1n) is 4.01. The summed E-state index contributed by atoms with van der Waals surface area (Å²) in [6.45, 7) is 7.19. The Morgan fingerprint density at radius 3 is 2.71 bits per heavy atom. The topological polar surface area (TPSA) is 22.1 Å². The number of aromatic nitrogens is 1. The Hall–Kier alpha value is -1.35. The zero-order valence-corrected chi connectivity index (χ0v) is 9.20. The SMILES string of the molecule is C=C/C=C(\C=C)Oc1ccc(Br)cn1. The maximum absolute atomic E-state index is 5.40. The highest BCUT2D eigenvalue weighted by Gasteiger charge is 1.96. The maximum atomic E-state index is 5.40. The molecule has 1 aromatic heterocycles. The largest absolute Gasteiger partial charge is 0.439 e. The number of allylic oxidation sites excluding steroid dienone is 3. The van der Waals surface area contributed by atoms with Crippen LogP contribution in [0.1, 0.15) is 0 Å². The molecule has 0 saturated heterocycles. The summed E-state index contributed by atoms with van der Waals surface area (Å²) in [5, 5.41) is 0. The summed E-state index contributed by atoms with van der Waals surface area (Å²) < 4.78 is 6.31. The summed E-state index contributed by atoms with van der Waals surface area (Å²) in [6.07, 6.45) is 6.63. The van der Waals surface area contributed by atoms with Crippen molar-refractivity contribution in [3.05, 3.63) is 59.9 Å². The van der Waals surface area contributed by atoms with Crippen LogP contribution in [0.5, 0.6) is 5.88 Å². The second-order valence-electron chi connectivity index (χ2n) is 2.43. The Bertz CT molecular complexity index is 354. The highest BCUT2D eigenvalue weighted by molar-refractivity contribution is 9.10. The van der Waals surface area contributed by atoms with Gasteiger partial charge in [0, 0.05) is 16.7 Å². The van der Waals surface area contributed by atoms with Gasteiger partial charge in [0.05, 0.1) is 0 Å². The summed E-state index contributed by atoms with van der Waals surface area (Å²) >= 11 is 3.29. The Kier molecular flexibility index (Phi) is 4.13. The van der Waals surface area contributed by atoms with E-state index >= 15 is 0 Å². The van der Waals surface area contributed by atoms with E-state index < -0.39 is 0 Å². The molecule has 0 aromatic carbocycles. The van der Waals surface area contributed by atoms with Gasteiger partial charge < -0.3 is 4.74 Å². The van der Waals surface area contributed by atoms with E-state index in [2.05, 4.69) is 34.1 Å².